The Hall–Kier alpha value is -2.78. The van der Waals surface area contributed by atoms with Crippen LogP contribution in [0.2, 0.25) is 0 Å². The second kappa shape index (κ2) is 8.93. The summed E-state index contributed by atoms with van der Waals surface area (Å²) in [5, 5.41) is 11.4. The van der Waals surface area contributed by atoms with Crippen LogP contribution < -0.4 is 5.32 Å². The quantitative estimate of drug-likeness (QED) is 0.763. The van der Waals surface area contributed by atoms with Gasteiger partial charge in [0.25, 0.3) is 5.91 Å². The number of benzene rings is 1. The first-order valence-corrected chi connectivity index (χ1v) is 10.3. The largest absolute Gasteiger partial charge is 0.372 e. The lowest BCUT2D eigenvalue weighted by Gasteiger charge is -2.44. The molecule has 2 aliphatic rings. The number of nitrogens with zero attached hydrogens (tertiary/aromatic N) is 4. The Morgan fingerprint density at radius 2 is 2.10 bits per heavy atom. The highest BCUT2D eigenvalue weighted by Crippen LogP contribution is 2.32. The molecule has 2 aliphatic heterocycles. The number of ether oxygens (including phenoxy) is 2. The highest BCUT2D eigenvalue weighted by Gasteiger charge is 2.42. The zero-order valence-electron chi connectivity index (χ0n) is 17.2. The van der Waals surface area contributed by atoms with Gasteiger partial charge in [0.2, 0.25) is 5.91 Å². The summed E-state index contributed by atoms with van der Waals surface area (Å²) in [6.45, 7) is 4.94. The summed E-state index contributed by atoms with van der Waals surface area (Å²) in [6.07, 6.45) is 1.74. The van der Waals surface area contributed by atoms with Gasteiger partial charge in [0.05, 0.1) is 31.9 Å². The Morgan fingerprint density at radius 3 is 2.90 bits per heavy atom. The maximum atomic E-state index is 12.4. The van der Waals surface area contributed by atoms with E-state index < -0.39 is 5.60 Å². The fraction of sp³-hybridized carbons (Fsp3) is 0.524. The maximum Gasteiger partial charge on any atom is 0.251 e. The number of rotatable bonds is 6. The van der Waals surface area contributed by atoms with Crippen LogP contribution in [-0.2, 0) is 34.0 Å². The number of aromatic nitrogens is 3. The molecule has 1 saturated heterocycles. The van der Waals surface area contributed by atoms with E-state index in [0.717, 1.165) is 25.1 Å². The Morgan fingerprint density at radius 1 is 1.27 bits per heavy atom. The number of piperidine rings is 1. The Labute approximate surface area is 175 Å². The molecular formula is C21H27N5O4. The van der Waals surface area contributed by atoms with Gasteiger partial charge in [0, 0.05) is 18.7 Å². The van der Waals surface area contributed by atoms with Gasteiger partial charge in [-0.15, -0.1) is 5.10 Å². The molecule has 9 heteroatoms. The van der Waals surface area contributed by atoms with Crippen molar-refractivity contribution in [3.8, 4) is 0 Å². The minimum Gasteiger partial charge on any atom is -0.372 e. The molecule has 0 bridgehead atoms. The molecule has 3 heterocycles. The number of carbonyl (C=O) groups excluding carboxylic acids is 2. The van der Waals surface area contributed by atoms with Gasteiger partial charge in [-0.1, -0.05) is 23.4 Å². The lowest BCUT2D eigenvalue weighted by molar-refractivity contribution is -0.156. The molecule has 1 aromatic heterocycles. The maximum absolute atomic E-state index is 12.4. The van der Waals surface area contributed by atoms with Crippen LogP contribution in [0.4, 0.5) is 0 Å². The number of hydrogen-bond donors (Lipinski definition) is 1. The minimum atomic E-state index is -0.453. The summed E-state index contributed by atoms with van der Waals surface area (Å²) in [5.74, 6) is -0.158. The van der Waals surface area contributed by atoms with Crippen molar-refractivity contribution >= 4 is 11.8 Å². The average molecular weight is 413 g/mol. The van der Waals surface area contributed by atoms with E-state index in [1.807, 2.05) is 34.7 Å². The molecule has 2 aromatic rings. The van der Waals surface area contributed by atoms with Gasteiger partial charge < -0.3 is 19.7 Å². The molecule has 30 heavy (non-hydrogen) atoms. The van der Waals surface area contributed by atoms with Crippen molar-refractivity contribution in [1.29, 1.82) is 0 Å². The first-order valence-electron chi connectivity index (χ1n) is 10.3. The molecule has 4 rings (SSSR count). The third kappa shape index (κ3) is 4.36. The first-order chi connectivity index (χ1) is 14.6. The predicted molar refractivity (Wildman–Crippen MR) is 107 cm³/mol. The summed E-state index contributed by atoms with van der Waals surface area (Å²) in [4.78, 5) is 26.5. The Bertz CT molecular complexity index is 900. The zero-order valence-corrected chi connectivity index (χ0v) is 17.2. The van der Waals surface area contributed by atoms with Gasteiger partial charge in [-0.05, 0) is 31.9 Å². The second-order valence-corrected chi connectivity index (χ2v) is 7.72. The topological polar surface area (TPSA) is 98.6 Å². The molecule has 1 aromatic carbocycles. The molecular weight excluding hydrogens is 386 g/mol. The molecule has 1 N–H and O–H groups in total. The molecule has 2 amide bonds. The number of amides is 2. The first kappa shape index (κ1) is 20.5. The number of fused-ring (bicyclic) bond motifs is 1. The van der Waals surface area contributed by atoms with Gasteiger partial charge in [-0.3, -0.25) is 9.59 Å². The molecule has 1 atom stereocenters. The van der Waals surface area contributed by atoms with E-state index >= 15 is 0 Å². The fourth-order valence-corrected chi connectivity index (χ4v) is 4.02. The van der Waals surface area contributed by atoms with Crippen molar-refractivity contribution in [3.05, 3.63) is 47.3 Å². The van der Waals surface area contributed by atoms with Crippen LogP contribution in [0.25, 0.3) is 0 Å². The van der Waals surface area contributed by atoms with Crippen molar-refractivity contribution < 1.29 is 19.1 Å². The summed E-state index contributed by atoms with van der Waals surface area (Å²) in [6, 6.07) is 9.07. The highest BCUT2D eigenvalue weighted by atomic mass is 16.5. The monoisotopic (exact) mass is 413 g/mol. The van der Waals surface area contributed by atoms with Crippen LogP contribution in [0.3, 0.4) is 0 Å². The minimum absolute atomic E-state index is 0.00627. The van der Waals surface area contributed by atoms with Crippen molar-refractivity contribution in [2.75, 3.05) is 26.3 Å². The third-order valence-corrected chi connectivity index (χ3v) is 5.65. The number of carbonyl (C=O) groups is 2. The van der Waals surface area contributed by atoms with E-state index in [0.29, 0.717) is 44.1 Å². The van der Waals surface area contributed by atoms with Crippen LogP contribution in [-0.4, -0.2) is 63.6 Å². The van der Waals surface area contributed by atoms with Crippen molar-refractivity contribution in [2.45, 2.75) is 45.1 Å². The van der Waals surface area contributed by atoms with Crippen molar-refractivity contribution in [3.63, 3.8) is 0 Å². The van der Waals surface area contributed by atoms with E-state index in [-0.39, 0.29) is 18.4 Å². The van der Waals surface area contributed by atoms with Crippen LogP contribution >= 0.6 is 0 Å². The molecule has 1 fully saturated rings. The van der Waals surface area contributed by atoms with Crippen molar-refractivity contribution in [1.82, 2.24) is 25.2 Å². The smallest absolute Gasteiger partial charge is 0.251 e. The fourth-order valence-electron chi connectivity index (χ4n) is 4.02. The molecule has 1 spiro atoms. The van der Waals surface area contributed by atoms with E-state index in [1.165, 1.54) is 0 Å². The Kier molecular flexibility index (Phi) is 6.10. The average Bonchev–Trinajstić information content (AvgIpc) is 3.18. The van der Waals surface area contributed by atoms with Gasteiger partial charge >= 0.3 is 0 Å². The number of hydrogen-bond acceptors (Lipinski definition) is 6. The summed E-state index contributed by atoms with van der Waals surface area (Å²) in [5.41, 5.74) is 1.72. The third-order valence-electron chi connectivity index (χ3n) is 5.65. The highest BCUT2D eigenvalue weighted by molar-refractivity contribution is 5.94. The molecule has 9 nitrogen and oxygen atoms in total. The van der Waals surface area contributed by atoms with Gasteiger partial charge in [-0.25, -0.2) is 4.68 Å². The predicted octanol–water partition coefficient (Wildman–Crippen LogP) is 1.14. The van der Waals surface area contributed by atoms with Gasteiger partial charge in [0.1, 0.15) is 17.9 Å². The molecule has 160 valence electrons. The van der Waals surface area contributed by atoms with E-state index in [1.54, 1.807) is 12.1 Å². The van der Waals surface area contributed by atoms with Crippen LogP contribution in [0.15, 0.2) is 30.3 Å². The zero-order chi connectivity index (χ0) is 21.0. The SMILES string of the molecule is CCOCC(=O)N1CCCC2(C1)Cn1nnc(CNC(=O)c3ccccc3)c1CO2. The summed E-state index contributed by atoms with van der Waals surface area (Å²) < 4.78 is 13.4. The van der Waals surface area contributed by atoms with Crippen LogP contribution in [0.1, 0.15) is 41.5 Å². The number of nitrogens with one attached hydrogen (secondary N) is 1. The van der Waals surface area contributed by atoms with E-state index in [2.05, 4.69) is 15.6 Å². The summed E-state index contributed by atoms with van der Waals surface area (Å²) >= 11 is 0. The van der Waals surface area contributed by atoms with E-state index in [9.17, 15) is 9.59 Å². The Balaban J connectivity index is 1.39. The van der Waals surface area contributed by atoms with E-state index in [4.69, 9.17) is 9.47 Å². The molecule has 1 unspecified atom stereocenters. The van der Waals surface area contributed by atoms with Gasteiger partial charge in [-0.2, -0.15) is 0 Å². The van der Waals surface area contributed by atoms with Crippen LogP contribution in [0, 0.1) is 0 Å². The molecule has 0 saturated carbocycles. The second-order valence-electron chi connectivity index (χ2n) is 7.72. The number of likely N-dealkylation sites (tertiary alicyclic amines) is 1. The van der Waals surface area contributed by atoms with Crippen molar-refractivity contribution in [2.24, 2.45) is 0 Å². The molecule has 0 aliphatic carbocycles. The van der Waals surface area contributed by atoms with Crippen LogP contribution in [0.5, 0.6) is 0 Å². The standard InChI is InChI=1S/C21H27N5O4/c1-2-29-13-19(27)25-10-6-9-21(14-25)15-26-18(12-30-21)17(23-24-26)11-22-20(28)16-7-4-3-5-8-16/h3-5,7-8H,2,6,9-15H2,1H3,(H,22,28). The van der Waals surface area contributed by atoms with Gasteiger partial charge in [0.15, 0.2) is 0 Å². The lowest BCUT2D eigenvalue weighted by atomic mass is 9.91. The normalized spacial score (nSPS) is 20.8. The lowest BCUT2D eigenvalue weighted by Crippen LogP contribution is -2.56. The molecule has 0 radical (unpaired) electrons. The summed E-state index contributed by atoms with van der Waals surface area (Å²) in [7, 11) is 0.